The number of para-hydroxylation sites is 1. The van der Waals surface area contributed by atoms with Gasteiger partial charge in [-0.3, -0.25) is 4.40 Å². The summed E-state index contributed by atoms with van der Waals surface area (Å²) >= 11 is 3.28. The summed E-state index contributed by atoms with van der Waals surface area (Å²) in [6.07, 6.45) is 3.22. The van der Waals surface area contributed by atoms with Gasteiger partial charge in [-0.2, -0.15) is 8.78 Å². The minimum absolute atomic E-state index is 0.0834. The summed E-state index contributed by atoms with van der Waals surface area (Å²) in [7, 11) is 0. The molecule has 5 nitrogen and oxygen atoms in total. The van der Waals surface area contributed by atoms with E-state index in [0.717, 1.165) is 0 Å². The van der Waals surface area contributed by atoms with Gasteiger partial charge in [-0.25, -0.2) is 9.97 Å². The molecular formula is C16H14BrF2N3O2. The predicted molar refractivity (Wildman–Crippen MR) is 87.2 cm³/mol. The maximum Gasteiger partial charge on any atom is 0.387 e. The van der Waals surface area contributed by atoms with Crippen LogP contribution >= 0.6 is 15.9 Å². The van der Waals surface area contributed by atoms with Crippen LogP contribution < -0.4 is 4.74 Å². The SMILES string of the molecule is Cc1nc2cnc(Br)cn2c1C(C)(O)c1ccccc1OC(F)F. The lowest BCUT2D eigenvalue weighted by Gasteiger charge is -2.26. The number of nitrogens with zero attached hydrogens (tertiary/aromatic N) is 3. The molecule has 1 atom stereocenters. The molecule has 0 aliphatic rings. The molecule has 0 saturated heterocycles. The second-order valence-electron chi connectivity index (χ2n) is 5.43. The normalized spacial score (nSPS) is 14.1. The molecule has 126 valence electrons. The number of benzene rings is 1. The predicted octanol–water partition coefficient (Wildman–Crippen LogP) is 3.66. The van der Waals surface area contributed by atoms with E-state index in [1.54, 1.807) is 41.9 Å². The fourth-order valence-electron chi connectivity index (χ4n) is 2.83. The highest BCUT2D eigenvalue weighted by Crippen LogP contribution is 2.37. The van der Waals surface area contributed by atoms with E-state index in [-0.39, 0.29) is 11.3 Å². The molecule has 0 fully saturated rings. The third kappa shape index (κ3) is 2.87. The van der Waals surface area contributed by atoms with Crippen LogP contribution in [-0.4, -0.2) is 26.1 Å². The molecule has 2 heterocycles. The van der Waals surface area contributed by atoms with Crippen LogP contribution in [0.2, 0.25) is 0 Å². The molecule has 0 amide bonds. The fraction of sp³-hybridized carbons (Fsp3) is 0.250. The molecule has 0 bridgehead atoms. The quantitative estimate of drug-likeness (QED) is 0.729. The number of aromatic nitrogens is 3. The summed E-state index contributed by atoms with van der Waals surface area (Å²) in [6, 6.07) is 6.16. The van der Waals surface area contributed by atoms with Gasteiger partial charge in [0.05, 0.1) is 17.6 Å². The number of alkyl halides is 2. The van der Waals surface area contributed by atoms with Gasteiger partial charge in [-0.1, -0.05) is 18.2 Å². The van der Waals surface area contributed by atoms with E-state index in [1.165, 1.54) is 13.0 Å². The van der Waals surface area contributed by atoms with E-state index in [4.69, 9.17) is 0 Å². The Bertz CT molecular complexity index is 896. The first-order valence-electron chi connectivity index (χ1n) is 7.08. The molecule has 0 radical (unpaired) electrons. The highest BCUT2D eigenvalue weighted by Gasteiger charge is 2.34. The number of ether oxygens (including phenoxy) is 1. The van der Waals surface area contributed by atoms with Crippen molar-refractivity contribution in [3.8, 4) is 5.75 Å². The van der Waals surface area contributed by atoms with Crippen LogP contribution in [0.15, 0.2) is 41.3 Å². The Labute approximate surface area is 145 Å². The average Bonchev–Trinajstić information content (AvgIpc) is 2.82. The van der Waals surface area contributed by atoms with Crippen molar-refractivity contribution in [1.29, 1.82) is 0 Å². The number of halogens is 3. The minimum atomic E-state index is -2.98. The van der Waals surface area contributed by atoms with Crippen LogP contribution in [0.5, 0.6) is 5.75 Å². The third-order valence-electron chi connectivity index (χ3n) is 3.74. The Morgan fingerprint density at radius 3 is 2.75 bits per heavy atom. The highest BCUT2D eigenvalue weighted by molar-refractivity contribution is 9.10. The lowest BCUT2D eigenvalue weighted by atomic mass is 9.90. The van der Waals surface area contributed by atoms with Gasteiger partial charge in [0.15, 0.2) is 5.65 Å². The number of hydrogen-bond acceptors (Lipinski definition) is 4. The average molecular weight is 398 g/mol. The van der Waals surface area contributed by atoms with Crippen LogP contribution in [0.3, 0.4) is 0 Å². The zero-order chi connectivity index (χ0) is 17.5. The first kappa shape index (κ1) is 16.8. The number of aliphatic hydroxyl groups is 1. The molecule has 3 aromatic rings. The van der Waals surface area contributed by atoms with E-state index in [0.29, 0.717) is 21.6 Å². The first-order valence-corrected chi connectivity index (χ1v) is 7.87. The number of aryl methyl sites for hydroxylation is 1. The first-order chi connectivity index (χ1) is 11.3. The zero-order valence-corrected chi connectivity index (χ0v) is 14.5. The molecule has 2 aromatic heterocycles. The van der Waals surface area contributed by atoms with Crippen LogP contribution in [0.25, 0.3) is 5.65 Å². The maximum absolute atomic E-state index is 12.7. The molecule has 1 aromatic carbocycles. The van der Waals surface area contributed by atoms with Crippen molar-refractivity contribution in [2.75, 3.05) is 0 Å². The minimum Gasteiger partial charge on any atom is -0.434 e. The van der Waals surface area contributed by atoms with Crippen LogP contribution in [0, 0.1) is 6.92 Å². The maximum atomic E-state index is 12.7. The van der Waals surface area contributed by atoms with Crippen molar-refractivity contribution in [1.82, 2.24) is 14.4 Å². The van der Waals surface area contributed by atoms with Gasteiger partial charge in [0.25, 0.3) is 0 Å². The third-order valence-corrected chi connectivity index (χ3v) is 4.15. The number of rotatable bonds is 4. The second-order valence-corrected chi connectivity index (χ2v) is 6.24. The molecule has 3 rings (SSSR count). The van der Waals surface area contributed by atoms with Crippen molar-refractivity contribution in [3.63, 3.8) is 0 Å². The van der Waals surface area contributed by atoms with Crippen molar-refractivity contribution in [2.24, 2.45) is 0 Å². The topological polar surface area (TPSA) is 59.7 Å². The standard InChI is InChI=1S/C16H14BrF2N3O2/c1-9-14(22-8-12(17)20-7-13(22)21-9)16(2,23)10-5-3-4-6-11(10)24-15(18)19/h3-8,15,23H,1-2H3. The number of hydrogen-bond donors (Lipinski definition) is 1. The van der Waals surface area contributed by atoms with Gasteiger partial charge in [-0.05, 0) is 35.8 Å². The lowest BCUT2D eigenvalue weighted by Crippen LogP contribution is -2.27. The lowest BCUT2D eigenvalue weighted by molar-refractivity contribution is -0.0527. The highest BCUT2D eigenvalue weighted by atomic mass is 79.9. The van der Waals surface area contributed by atoms with Gasteiger partial charge in [0.1, 0.15) is 16.0 Å². The molecule has 1 N–H and O–H groups in total. The number of fused-ring (bicyclic) bond motifs is 1. The van der Waals surface area contributed by atoms with Crippen LogP contribution in [0.4, 0.5) is 8.78 Å². The molecule has 1 unspecified atom stereocenters. The van der Waals surface area contributed by atoms with Gasteiger partial charge in [-0.15, -0.1) is 0 Å². The molecule has 0 saturated carbocycles. The van der Waals surface area contributed by atoms with Gasteiger partial charge < -0.3 is 9.84 Å². The zero-order valence-electron chi connectivity index (χ0n) is 12.9. The van der Waals surface area contributed by atoms with E-state index in [1.807, 2.05) is 0 Å². The van der Waals surface area contributed by atoms with E-state index in [2.05, 4.69) is 30.6 Å². The Balaban J connectivity index is 2.22. The number of imidazole rings is 1. The Hall–Kier alpha value is -2.06. The molecule has 0 aliphatic carbocycles. The largest absolute Gasteiger partial charge is 0.434 e. The molecule has 0 aliphatic heterocycles. The van der Waals surface area contributed by atoms with Crippen molar-refractivity contribution in [3.05, 3.63) is 58.2 Å². The molecular weight excluding hydrogens is 384 g/mol. The van der Waals surface area contributed by atoms with Crippen molar-refractivity contribution < 1.29 is 18.6 Å². The Kier molecular flexibility index (Phi) is 4.27. The van der Waals surface area contributed by atoms with Crippen LogP contribution in [0.1, 0.15) is 23.9 Å². The van der Waals surface area contributed by atoms with E-state index >= 15 is 0 Å². The Morgan fingerprint density at radius 1 is 1.33 bits per heavy atom. The second kappa shape index (κ2) is 6.10. The summed E-state index contributed by atoms with van der Waals surface area (Å²) in [5, 5.41) is 11.2. The summed E-state index contributed by atoms with van der Waals surface area (Å²) < 4.78 is 32.2. The summed E-state index contributed by atoms with van der Waals surface area (Å²) in [5.74, 6) is -0.0834. The van der Waals surface area contributed by atoms with Crippen LogP contribution in [-0.2, 0) is 5.60 Å². The fourth-order valence-corrected chi connectivity index (χ4v) is 3.14. The van der Waals surface area contributed by atoms with Gasteiger partial charge in [0.2, 0.25) is 0 Å². The van der Waals surface area contributed by atoms with Gasteiger partial charge >= 0.3 is 6.61 Å². The molecule has 8 heteroatoms. The Morgan fingerprint density at radius 2 is 2.04 bits per heavy atom. The van der Waals surface area contributed by atoms with Crippen molar-refractivity contribution >= 4 is 21.6 Å². The summed E-state index contributed by atoms with van der Waals surface area (Å²) in [6.45, 7) is 0.274. The summed E-state index contributed by atoms with van der Waals surface area (Å²) in [4.78, 5) is 8.47. The van der Waals surface area contributed by atoms with E-state index in [9.17, 15) is 13.9 Å². The van der Waals surface area contributed by atoms with E-state index < -0.39 is 12.2 Å². The molecule has 24 heavy (non-hydrogen) atoms. The summed E-state index contributed by atoms with van der Waals surface area (Å²) in [5.41, 5.74) is 0.175. The van der Waals surface area contributed by atoms with Gasteiger partial charge in [0, 0.05) is 11.8 Å². The monoisotopic (exact) mass is 397 g/mol. The smallest absolute Gasteiger partial charge is 0.387 e. The molecule has 0 spiro atoms. The van der Waals surface area contributed by atoms with Crippen molar-refractivity contribution in [2.45, 2.75) is 26.1 Å².